The quantitative estimate of drug-likeness (QED) is 0.466. The zero-order valence-corrected chi connectivity index (χ0v) is 20.8. The zero-order valence-electron chi connectivity index (χ0n) is 20.8. The Hall–Kier alpha value is -4.07. The minimum Gasteiger partial charge on any atom is -0.465 e. The second-order valence-electron chi connectivity index (χ2n) is 9.07. The number of anilines is 2. The monoisotopic (exact) mass is 489 g/mol. The van der Waals surface area contributed by atoms with Crippen LogP contribution in [0.3, 0.4) is 0 Å². The maximum Gasteiger partial charge on any atom is 0.337 e. The number of nitrogens with zero attached hydrogens (tertiary/aromatic N) is 2. The van der Waals surface area contributed by atoms with Gasteiger partial charge in [-0.1, -0.05) is 31.0 Å². The molecule has 8 heteroatoms. The van der Waals surface area contributed by atoms with Crippen molar-refractivity contribution in [2.45, 2.75) is 37.8 Å². The van der Waals surface area contributed by atoms with Gasteiger partial charge in [-0.15, -0.1) is 0 Å². The predicted octanol–water partition coefficient (Wildman–Crippen LogP) is 4.58. The highest BCUT2D eigenvalue weighted by Gasteiger charge is 2.36. The molecule has 3 aromatic rings. The minimum absolute atomic E-state index is 0.0583. The van der Waals surface area contributed by atoms with E-state index in [0.717, 1.165) is 31.4 Å². The fourth-order valence-electron chi connectivity index (χ4n) is 4.53. The van der Waals surface area contributed by atoms with Gasteiger partial charge in [0, 0.05) is 31.5 Å². The van der Waals surface area contributed by atoms with E-state index in [0.29, 0.717) is 11.3 Å². The van der Waals surface area contributed by atoms with E-state index >= 15 is 0 Å². The zero-order chi connectivity index (χ0) is 25.7. The fourth-order valence-corrected chi connectivity index (χ4v) is 4.53. The summed E-state index contributed by atoms with van der Waals surface area (Å²) in [4.78, 5) is 43.3. The van der Waals surface area contributed by atoms with E-state index in [1.807, 2.05) is 43.3 Å². The van der Waals surface area contributed by atoms with Crippen LogP contribution in [-0.2, 0) is 9.53 Å². The average Bonchev–Trinajstić information content (AvgIpc) is 3.61. The number of hydrogen-bond donors (Lipinski definition) is 1. The summed E-state index contributed by atoms with van der Waals surface area (Å²) in [6.45, 7) is 0. The summed E-state index contributed by atoms with van der Waals surface area (Å²) in [6.07, 6.45) is 5.34. The van der Waals surface area contributed by atoms with Crippen LogP contribution < -0.4 is 15.1 Å². The lowest BCUT2D eigenvalue weighted by atomic mass is 10.0. The molecule has 0 radical (unpaired) electrons. The molecular formula is C28H31N3O5. The first-order chi connectivity index (χ1) is 17.4. The predicted molar refractivity (Wildman–Crippen MR) is 137 cm³/mol. The van der Waals surface area contributed by atoms with E-state index in [9.17, 15) is 14.4 Å². The van der Waals surface area contributed by atoms with Gasteiger partial charge in [0.25, 0.3) is 5.91 Å². The Labute approximate surface area is 210 Å². The van der Waals surface area contributed by atoms with Gasteiger partial charge in [-0.2, -0.15) is 0 Å². The van der Waals surface area contributed by atoms with Gasteiger partial charge < -0.3 is 19.4 Å². The van der Waals surface area contributed by atoms with Crippen molar-refractivity contribution >= 4 is 29.2 Å². The van der Waals surface area contributed by atoms with E-state index < -0.39 is 17.9 Å². The van der Waals surface area contributed by atoms with Crippen molar-refractivity contribution in [3.05, 3.63) is 83.8 Å². The largest absolute Gasteiger partial charge is 0.465 e. The summed E-state index contributed by atoms with van der Waals surface area (Å²) in [5, 5.41) is 3.15. The molecule has 4 rings (SSSR count). The molecule has 0 saturated heterocycles. The SMILES string of the molecule is COC(=O)c1cccc(N(C(=O)c2ccco2)C(C(=O)NC2CCCC2)c2ccc(N(C)C)cc2)c1. The highest BCUT2D eigenvalue weighted by atomic mass is 16.5. The molecule has 1 aliphatic carbocycles. The molecule has 0 aliphatic heterocycles. The number of furan rings is 1. The molecule has 8 nitrogen and oxygen atoms in total. The Balaban J connectivity index is 1.83. The number of methoxy groups -OCH3 is 1. The number of ether oxygens (including phenoxy) is 1. The normalized spacial score (nSPS) is 14.2. The van der Waals surface area contributed by atoms with Crippen molar-refractivity contribution in [2.75, 3.05) is 31.0 Å². The summed E-state index contributed by atoms with van der Waals surface area (Å²) < 4.78 is 10.3. The molecule has 1 heterocycles. The van der Waals surface area contributed by atoms with E-state index in [-0.39, 0.29) is 23.3 Å². The molecule has 2 amide bonds. The highest BCUT2D eigenvalue weighted by molar-refractivity contribution is 6.09. The number of benzene rings is 2. The van der Waals surface area contributed by atoms with E-state index in [4.69, 9.17) is 9.15 Å². The molecule has 0 bridgehead atoms. The third kappa shape index (κ3) is 5.43. The number of nitrogens with one attached hydrogen (secondary N) is 1. The van der Waals surface area contributed by atoms with Gasteiger partial charge in [0.2, 0.25) is 5.91 Å². The van der Waals surface area contributed by atoms with Gasteiger partial charge in [-0.3, -0.25) is 14.5 Å². The summed E-state index contributed by atoms with van der Waals surface area (Å²) in [5.41, 5.74) is 2.25. The minimum atomic E-state index is -0.993. The van der Waals surface area contributed by atoms with Crippen LogP contribution in [0.5, 0.6) is 0 Å². The molecule has 188 valence electrons. The molecule has 1 atom stereocenters. The van der Waals surface area contributed by atoms with Crippen LogP contribution in [0, 0.1) is 0 Å². The van der Waals surface area contributed by atoms with Gasteiger partial charge in [-0.05, 0) is 60.9 Å². The highest BCUT2D eigenvalue weighted by Crippen LogP contribution is 2.32. The van der Waals surface area contributed by atoms with Crippen LogP contribution in [0.4, 0.5) is 11.4 Å². The first kappa shape index (κ1) is 25.0. The lowest BCUT2D eigenvalue weighted by molar-refractivity contribution is -0.123. The van der Waals surface area contributed by atoms with E-state index in [1.54, 1.807) is 36.4 Å². The molecule has 36 heavy (non-hydrogen) atoms. The Morgan fingerprint density at radius 1 is 0.972 bits per heavy atom. The summed E-state index contributed by atoms with van der Waals surface area (Å²) >= 11 is 0. The van der Waals surface area contributed by atoms with Crippen LogP contribution in [0.1, 0.15) is 58.2 Å². The van der Waals surface area contributed by atoms with Crippen molar-refractivity contribution in [3.8, 4) is 0 Å². The van der Waals surface area contributed by atoms with Crippen LogP contribution in [0.25, 0.3) is 0 Å². The standard InChI is InChI=1S/C28H31N3O5/c1-30(2)22-15-13-19(14-16-22)25(26(32)29-21-9-4-5-10-21)31(27(33)24-12-7-17-36-24)23-11-6-8-20(18-23)28(34)35-3/h6-8,11-18,21,25H,4-5,9-10H2,1-3H3,(H,29,32). The number of amides is 2. The lowest BCUT2D eigenvalue weighted by Gasteiger charge is -2.32. The Bertz CT molecular complexity index is 1200. The average molecular weight is 490 g/mol. The summed E-state index contributed by atoms with van der Waals surface area (Å²) in [6, 6.07) is 16.3. The molecule has 1 unspecified atom stereocenters. The van der Waals surface area contributed by atoms with Crippen molar-refractivity contribution in [1.82, 2.24) is 5.32 Å². The van der Waals surface area contributed by atoms with Crippen LogP contribution >= 0.6 is 0 Å². The van der Waals surface area contributed by atoms with E-state index in [2.05, 4.69) is 5.32 Å². The van der Waals surface area contributed by atoms with Gasteiger partial charge >= 0.3 is 5.97 Å². The first-order valence-electron chi connectivity index (χ1n) is 12.0. The Morgan fingerprint density at radius 2 is 1.69 bits per heavy atom. The van der Waals surface area contributed by atoms with Crippen LogP contribution in [-0.4, -0.2) is 45.0 Å². The van der Waals surface area contributed by atoms with Gasteiger partial charge in [-0.25, -0.2) is 4.79 Å². The van der Waals surface area contributed by atoms with Gasteiger partial charge in [0.1, 0.15) is 6.04 Å². The molecule has 2 aromatic carbocycles. The summed E-state index contributed by atoms with van der Waals surface area (Å²) in [5.74, 6) is -1.24. The lowest BCUT2D eigenvalue weighted by Crippen LogP contribution is -2.46. The Kier molecular flexibility index (Phi) is 7.73. The number of rotatable bonds is 8. The number of carbonyl (C=O) groups is 3. The van der Waals surface area contributed by atoms with Crippen molar-refractivity contribution < 1.29 is 23.5 Å². The van der Waals surface area contributed by atoms with Crippen molar-refractivity contribution in [2.24, 2.45) is 0 Å². The first-order valence-corrected chi connectivity index (χ1v) is 12.0. The fraction of sp³-hybridized carbons (Fsp3) is 0.321. The molecule has 1 aromatic heterocycles. The van der Waals surface area contributed by atoms with Crippen LogP contribution in [0.2, 0.25) is 0 Å². The number of carbonyl (C=O) groups excluding carboxylic acids is 3. The molecule has 0 spiro atoms. The molecule has 1 N–H and O–H groups in total. The maximum absolute atomic E-state index is 13.8. The third-order valence-corrected chi connectivity index (χ3v) is 6.43. The van der Waals surface area contributed by atoms with Gasteiger partial charge in [0.05, 0.1) is 18.9 Å². The third-order valence-electron chi connectivity index (χ3n) is 6.43. The Morgan fingerprint density at radius 3 is 2.31 bits per heavy atom. The summed E-state index contributed by atoms with van der Waals surface area (Å²) in [7, 11) is 5.17. The van der Waals surface area contributed by atoms with Crippen molar-refractivity contribution in [1.29, 1.82) is 0 Å². The smallest absolute Gasteiger partial charge is 0.337 e. The number of hydrogen-bond acceptors (Lipinski definition) is 6. The maximum atomic E-state index is 13.8. The second kappa shape index (κ2) is 11.1. The van der Waals surface area contributed by atoms with E-state index in [1.165, 1.54) is 18.3 Å². The molecule has 1 aliphatic rings. The number of esters is 1. The topological polar surface area (TPSA) is 92.1 Å². The molecule has 1 saturated carbocycles. The second-order valence-corrected chi connectivity index (χ2v) is 9.07. The van der Waals surface area contributed by atoms with Gasteiger partial charge in [0.15, 0.2) is 5.76 Å². The molecule has 1 fully saturated rings. The van der Waals surface area contributed by atoms with Crippen molar-refractivity contribution in [3.63, 3.8) is 0 Å². The van der Waals surface area contributed by atoms with Crippen LogP contribution in [0.15, 0.2) is 71.3 Å². The molecular weight excluding hydrogens is 458 g/mol.